The van der Waals surface area contributed by atoms with Crippen LogP contribution in [0.1, 0.15) is 16.5 Å². The number of benzene rings is 1. The molecule has 2 aromatic rings. The maximum absolute atomic E-state index is 9.97. The Kier molecular flexibility index (Phi) is 3.21. The maximum atomic E-state index is 9.97. The molecule has 78 valence electrons. The molecule has 3 nitrogen and oxygen atoms in total. The van der Waals surface area contributed by atoms with Crippen molar-refractivity contribution in [3.05, 3.63) is 44.9 Å². The normalized spacial score (nSPS) is 12.7. The van der Waals surface area contributed by atoms with Crippen LogP contribution < -0.4 is 0 Å². The van der Waals surface area contributed by atoms with Crippen LogP contribution in [-0.4, -0.2) is 14.7 Å². The van der Waals surface area contributed by atoms with Crippen LogP contribution in [0.4, 0.5) is 0 Å². The van der Waals surface area contributed by atoms with Crippen molar-refractivity contribution in [2.24, 2.45) is 0 Å². The van der Waals surface area contributed by atoms with Gasteiger partial charge in [-0.05, 0) is 29.7 Å². The van der Waals surface area contributed by atoms with Crippen molar-refractivity contribution in [1.29, 1.82) is 0 Å². The van der Waals surface area contributed by atoms with E-state index >= 15 is 0 Å². The topological polar surface area (TPSA) is 46.0 Å². The number of halogens is 2. The van der Waals surface area contributed by atoms with Crippen molar-refractivity contribution in [3.63, 3.8) is 0 Å². The lowest BCUT2D eigenvalue weighted by atomic mass is 10.1. The number of aliphatic hydroxyl groups is 1. The Hall–Kier alpha value is -0.680. The zero-order valence-electron chi connectivity index (χ0n) is 7.39. The van der Waals surface area contributed by atoms with Gasteiger partial charge in [0.15, 0.2) is 0 Å². The molecule has 0 radical (unpaired) electrons. The molecule has 15 heavy (non-hydrogen) atoms. The van der Waals surface area contributed by atoms with Crippen LogP contribution in [-0.2, 0) is 0 Å². The molecule has 0 amide bonds. The average molecular weight is 261 g/mol. The van der Waals surface area contributed by atoms with Gasteiger partial charge in [0.05, 0.1) is 11.1 Å². The van der Waals surface area contributed by atoms with Gasteiger partial charge in [-0.25, -0.2) is 0 Å². The molecule has 0 saturated carbocycles. The molecule has 1 atom stereocenters. The summed E-state index contributed by atoms with van der Waals surface area (Å²) in [5.41, 5.74) is 0.565. The Balaban J connectivity index is 2.41. The first-order chi connectivity index (χ1) is 7.18. The van der Waals surface area contributed by atoms with Crippen LogP contribution in [0.3, 0.4) is 0 Å². The molecule has 0 saturated heterocycles. The second kappa shape index (κ2) is 4.45. The Morgan fingerprint density at radius 2 is 2.13 bits per heavy atom. The number of hydrogen-bond acceptors (Lipinski definition) is 4. The second-order valence-corrected chi connectivity index (χ2v) is 4.55. The molecule has 0 aliphatic heterocycles. The second-order valence-electron chi connectivity index (χ2n) is 2.89. The largest absolute Gasteiger partial charge is 0.383 e. The molecule has 6 heteroatoms. The zero-order valence-corrected chi connectivity index (χ0v) is 9.72. The Morgan fingerprint density at radius 1 is 1.33 bits per heavy atom. The molecule has 0 spiro atoms. The Morgan fingerprint density at radius 3 is 2.80 bits per heavy atom. The molecule has 0 bridgehead atoms. The zero-order chi connectivity index (χ0) is 10.8. The van der Waals surface area contributed by atoms with Crippen LogP contribution in [0.15, 0.2) is 24.4 Å². The third-order valence-electron chi connectivity index (χ3n) is 1.90. The first-order valence-electron chi connectivity index (χ1n) is 4.09. The van der Waals surface area contributed by atoms with Crippen molar-refractivity contribution in [1.82, 2.24) is 9.59 Å². The van der Waals surface area contributed by atoms with Crippen molar-refractivity contribution in [2.75, 3.05) is 0 Å². The quantitative estimate of drug-likeness (QED) is 0.904. The lowest BCUT2D eigenvalue weighted by Gasteiger charge is -2.09. The van der Waals surface area contributed by atoms with Gasteiger partial charge in [0.2, 0.25) is 0 Å². The SMILES string of the molecule is OC(c1cnns1)c1cc(Cl)ccc1Cl. The van der Waals surface area contributed by atoms with E-state index in [1.165, 1.54) is 6.20 Å². The summed E-state index contributed by atoms with van der Waals surface area (Å²) in [6, 6.07) is 4.95. The van der Waals surface area contributed by atoms with Crippen molar-refractivity contribution < 1.29 is 5.11 Å². The highest BCUT2D eigenvalue weighted by molar-refractivity contribution is 7.05. The van der Waals surface area contributed by atoms with E-state index < -0.39 is 6.10 Å². The highest BCUT2D eigenvalue weighted by Crippen LogP contribution is 2.31. The van der Waals surface area contributed by atoms with Crippen molar-refractivity contribution >= 4 is 34.7 Å². The number of aliphatic hydroxyl groups excluding tert-OH is 1. The predicted octanol–water partition coefficient (Wildman–Crippen LogP) is 2.93. The average Bonchev–Trinajstić information content (AvgIpc) is 2.74. The summed E-state index contributed by atoms with van der Waals surface area (Å²) in [4.78, 5) is 0.638. The Labute approximate surface area is 100 Å². The van der Waals surface area contributed by atoms with Crippen LogP contribution in [0, 0.1) is 0 Å². The summed E-state index contributed by atoms with van der Waals surface area (Å²) >= 11 is 12.9. The predicted molar refractivity (Wildman–Crippen MR) is 60.4 cm³/mol. The van der Waals surface area contributed by atoms with Gasteiger partial charge in [-0.15, -0.1) is 5.10 Å². The summed E-state index contributed by atoms with van der Waals surface area (Å²) in [5, 5.41) is 14.6. The molecule has 1 heterocycles. The maximum Gasteiger partial charge on any atom is 0.118 e. The minimum absolute atomic E-state index is 0.473. The van der Waals surface area contributed by atoms with Gasteiger partial charge in [0.1, 0.15) is 6.10 Å². The minimum atomic E-state index is -0.823. The molecule has 1 unspecified atom stereocenters. The lowest BCUT2D eigenvalue weighted by molar-refractivity contribution is 0.224. The molecule has 1 aromatic heterocycles. The fourth-order valence-electron chi connectivity index (χ4n) is 1.17. The Bertz CT molecular complexity index is 461. The first-order valence-corrected chi connectivity index (χ1v) is 5.61. The number of nitrogens with zero attached hydrogens (tertiary/aromatic N) is 2. The highest BCUT2D eigenvalue weighted by atomic mass is 35.5. The summed E-state index contributed by atoms with van der Waals surface area (Å²) in [6.07, 6.45) is 0.684. The lowest BCUT2D eigenvalue weighted by Crippen LogP contribution is -1.98. The number of hydrogen-bond donors (Lipinski definition) is 1. The first kappa shape index (κ1) is 10.8. The molecular formula is C9H6Cl2N2OS. The van der Waals surface area contributed by atoms with Crippen LogP contribution in [0.2, 0.25) is 10.0 Å². The highest BCUT2D eigenvalue weighted by Gasteiger charge is 2.16. The van der Waals surface area contributed by atoms with E-state index in [2.05, 4.69) is 9.59 Å². The van der Waals surface area contributed by atoms with Crippen molar-refractivity contribution in [3.8, 4) is 0 Å². The minimum Gasteiger partial charge on any atom is -0.383 e. The molecule has 2 rings (SSSR count). The van der Waals surface area contributed by atoms with E-state index in [1.807, 2.05) is 0 Å². The molecular weight excluding hydrogens is 255 g/mol. The van der Waals surface area contributed by atoms with Crippen LogP contribution in [0.5, 0.6) is 0 Å². The molecule has 1 N–H and O–H groups in total. The molecule has 0 aliphatic carbocycles. The van der Waals surface area contributed by atoms with Gasteiger partial charge >= 0.3 is 0 Å². The van der Waals surface area contributed by atoms with Crippen LogP contribution >= 0.6 is 34.7 Å². The summed E-state index contributed by atoms with van der Waals surface area (Å²) in [5.74, 6) is 0. The van der Waals surface area contributed by atoms with E-state index in [9.17, 15) is 5.11 Å². The standard InChI is InChI=1S/C9H6Cl2N2OS/c10-5-1-2-7(11)6(3-5)9(14)8-4-12-13-15-8/h1-4,9,14H. The van der Waals surface area contributed by atoms with Crippen LogP contribution in [0.25, 0.3) is 0 Å². The van der Waals surface area contributed by atoms with E-state index in [-0.39, 0.29) is 0 Å². The molecule has 1 aromatic carbocycles. The van der Waals surface area contributed by atoms with E-state index in [0.29, 0.717) is 20.5 Å². The monoisotopic (exact) mass is 260 g/mol. The van der Waals surface area contributed by atoms with Gasteiger partial charge in [0, 0.05) is 15.6 Å². The van der Waals surface area contributed by atoms with Gasteiger partial charge in [0.25, 0.3) is 0 Å². The smallest absolute Gasteiger partial charge is 0.118 e. The third-order valence-corrected chi connectivity index (χ3v) is 3.20. The summed E-state index contributed by atoms with van der Waals surface area (Å²) in [6.45, 7) is 0. The van der Waals surface area contributed by atoms with Gasteiger partial charge in [-0.1, -0.05) is 27.7 Å². The van der Waals surface area contributed by atoms with Crippen molar-refractivity contribution in [2.45, 2.75) is 6.10 Å². The molecule has 0 aliphatic rings. The van der Waals surface area contributed by atoms with E-state index in [0.717, 1.165) is 11.5 Å². The summed E-state index contributed by atoms with van der Waals surface area (Å²) in [7, 11) is 0. The molecule has 0 fully saturated rings. The third kappa shape index (κ3) is 2.29. The van der Waals surface area contributed by atoms with E-state index in [1.54, 1.807) is 18.2 Å². The fraction of sp³-hybridized carbons (Fsp3) is 0.111. The van der Waals surface area contributed by atoms with Gasteiger partial charge in [-0.3, -0.25) is 0 Å². The van der Waals surface area contributed by atoms with Gasteiger partial charge < -0.3 is 5.11 Å². The number of aromatic nitrogens is 2. The number of rotatable bonds is 2. The van der Waals surface area contributed by atoms with E-state index in [4.69, 9.17) is 23.2 Å². The summed E-state index contributed by atoms with van der Waals surface area (Å²) < 4.78 is 3.68. The van der Waals surface area contributed by atoms with Gasteiger partial charge in [-0.2, -0.15) is 0 Å². The fourth-order valence-corrected chi connectivity index (χ4v) is 2.08.